The summed E-state index contributed by atoms with van der Waals surface area (Å²) in [5.74, 6) is -0.0653. The molecule has 1 heterocycles. The first-order valence-corrected chi connectivity index (χ1v) is 9.49. The summed E-state index contributed by atoms with van der Waals surface area (Å²) in [6, 6.07) is 7.70. The van der Waals surface area contributed by atoms with Crippen LogP contribution in [0.25, 0.3) is 0 Å². The van der Waals surface area contributed by atoms with Gasteiger partial charge in [-0.05, 0) is 50.8 Å². The smallest absolute Gasteiger partial charge is 0.320 e. The van der Waals surface area contributed by atoms with Gasteiger partial charge in [-0.1, -0.05) is 23.7 Å². The fourth-order valence-corrected chi connectivity index (χ4v) is 3.31. The minimum atomic E-state index is -0.113. The molecule has 25 heavy (non-hydrogen) atoms. The van der Waals surface area contributed by atoms with E-state index < -0.39 is 0 Å². The third-order valence-corrected chi connectivity index (χ3v) is 4.97. The first kappa shape index (κ1) is 19.6. The zero-order valence-corrected chi connectivity index (χ0v) is 15.9. The number of amides is 3. The molecule has 1 aliphatic heterocycles. The molecule has 0 spiro atoms. The van der Waals surface area contributed by atoms with E-state index in [1.807, 2.05) is 43.0 Å². The van der Waals surface area contributed by atoms with Crippen molar-refractivity contribution in [1.29, 1.82) is 0 Å². The van der Waals surface area contributed by atoms with Crippen LogP contribution >= 0.6 is 11.6 Å². The van der Waals surface area contributed by atoms with E-state index in [1.54, 1.807) is 4.90 Å². The molecule has 138 valence electrons. The van der Waals surface area contributed by atoms with Crippen LogP contribution in [-0.4, -0.2) is 54.5 Å². The highest BCUT2D eigenvalue weighted by molar-refractivity contribution is 6.30. The Morgan fingerprint density at radius 1 is 1.24 bits per heavy atom. The maximum absolute atomic E-state index is 12.5. The van der Waals surface area contributed by atoms with E-state index in [4.69, 9.17) is 11.6 Å². The van der Waals surface area contributed by atoms with E-state index in [2.05, 4.69) is 5.32 Å². The van der Waals surface area contributed by atoms with Gasteiger partial charge in [-0.15, -0.1) is 0 Å². The Labute approximate surface area is 155 Å². The van der Waals surface area contributed by atoms with Gasteiger partial charge in [0, 0.05) is 37.7 Å². The second-order valence-corrected chi connectivity index (χ2v) is 6.84. The van der Waals surface area contributed by atoms with Gasteiger partial charge < -0.3 is 15.1 Å². The van der Waals surface area contributed by atoms with Crippen LogP contribution in [0.5, 0.6) is 0 Å². The highest BCUT2D eigenvalue weighted by atomic mass is 35.5. The number of carbonyl (C=O) groups is 2. The second-order valence-electron chi connectivity index (χ2n) is 6.41. The van der Waals surface area contributed by atoms with Crippen LogP contribution in [0.15, 0.2) is 24.3 Å². The molecule has 0 radical (unpaired) electrons. The molecule has 1 fully saturated rings. The lowest BCUT2D eigenvalue weighted by Crippen LogP contribution is -2.50. The molecule has 0 bridgehead atoms. The third-order valence-electron chi connectivity index (χ3n) is 4.72. The molecular weight excluding hydrogens is 338 g/mol. The summed E-state index contributed by atoms with van der Waals surface area (Å²) in [6.07, 6.45) is 2.49. The van der Waals surface area contributed by atoms with Gasteiger partial charge in [0.25, 0.3) is 0 Å². The zero-order valence-electron chi connectivity index (χ0n) is 15.1. The molecule has 6 heteroatoms. The van der Waals surface area contributed by atoms with Gasteiger partial charge in [0.1, 0.15) is 0 Å². The van der Waals surface area contributed by atoms with Crippen molar-refractivity contribution in [3.8, 4) is 0 Å². The molecule has 2 rings (SSSR count). The summed E-state index contributed by atoms with van der Waals surface area (Å²) in [7, 11) is 0. The van der Waals surface area contributed by atoms with Crippen molar-refractivity contribution in [1.82, 2.24) is 15.1 Å². The predicted octanol–water partition coefficient (Wildman–Crippen LogP) is 3.17. The largest absolute Gasteiger partial charge is 0.355 e. The van der Waals surface area contributed by atoms with Crippen molar-refractivity contribution in [3.63, 3.8) is 0 Å². The molecule has 0 unspecified atom stereocenters. The summed E-state index contributed by atoms with van der Waals surface area (Å²) < 4.78 is 0. The molecule has 0 saturated carbocycles. The Morgan fingerprint density at radius 3 is 2.56 bits per heavy atom. The van der Waals surface area contributed by atoms with E-state index in [1.165, 1.54) is 0 Å². The van der Waals surface area contributed by atoms with Crippen LogP contribution in [0, 0.1) is 5.92 Å². The molecule has 1 saturated heterocycles. The maximum atomic E-state index is 12.5. The number of benzene rings is 1. The molecule has 1 N–H and O–H groups in total. The summed E-state index contributed by atoms with van der Waals surface area (Å²) in [5.41, 5.74) is 1.15. The number of rotatable bonds is 6. The standard InChI is InChI=1S/C19H28ClN3O2/c1-3-22(4-2)19(25)23-13-5-6-16(14-23)18(24)21-12-11-15-7-9-17(20)10-8-15/h7-10,16H,3-6,11-14H2,1-2H3,(H,21,24)/t16-/m1/s1. The number of hydrogen-bond donors (Lipinski definition) is 1. The van der Waals surface area contributed by atoms with Crippen LogP contribution < -0.4 is 5.32 Å². The van der Waals surface area contributed by atoms with Crippen molar-refractivity contribution in [2.75, 3.05) is 32.7 Å². The lowest BCUT2D eigenvalue weighted by Gasteiger charge is -2.35. The number of hydrogen-bond acceptors (Lipinski definition) is 2. The van der Waals surface area contributed by atoms with Crippen molar-refractivity contribution in [2.24, 2.45) is 5.92 Å². The average Bonchev–Trinajstić information content (AvgIpc) is 2.64. The molecule has 1 atom stereocenters. The highest BCUT2D eigenvalue weighted by Gasteiger charge is 2.29. The molecule has 5 nitrogen and oxygen atoms in total. The van der Waals surface area contributed by atoms with Crippen molar-refractivity contribution < 1.29 is 9.59 Å². The van der Waals surface area contributed by atoms with E-state index >= 15 is 0 Å². The Kier molecular flexibility index (Phi) is 7.56. The van der Waals surface area contributed by atoms with Crippen LogP contribution in [-0.2, 0) is 11.2 Å². The number of likely N-dealkylation sites (tertiary alicyclic amines) is 1. The van der Waals surface area contributed by atoms with Crippen LogP contribution in [0.1, 0.15) is 32.3 Å². The zero-order chi connectivity index (χ0) is 18.2. The predicted molar refractivity (Wildman–Crippen MR) is 101 cm³/mol. The highest BCUT2D eigenvalue weighted by Crippen LogP contribution is 2.18. The molecule has 0 aromatic heterocycles. The molecule has 1 aliphatic rings. The SMILES string of the molecule is CCN(CC)C(=O)N1CCC[C@@H](C(=O)NCCc2ccc(Cl)cc2)C1. The summed E-state index contributed by atoms with van der Waals surface area (Å²) in [5, 5.41) is 3.72. The van der Waals surface area contributed by atoms with Gasteiger partial charge in [-0.3, -0.25) is 4.79 Å². The molecule has 1 aromatic carbocycles. The number of carbonyl (C=O) groups excluding carboxylic acids is 2. The van der Waals surface area contributed by atoms with Gasteiger partial charge in [-0.2, -0.15) is 0 Å². The van der Waals surface area contributed by atoms with Crippen LogP contribution in [0.2, 0.25) is 5.02 Å². The fraction of sp³-hybridized carbons (Fsp3) is 0.579. The topological polar surface area (TPSA) is 52.7 Å². The van der Waals surface area contributed by atoms with Crippen LogP contribution in [0.4, 0.5) is 4.79 Å². The van der Waals surface area contributed by atoms with Gasteiger partial charge in [-0.25, -0.2) is 4.79 Å². The first-order valence-electron chi connectivity index (χ1n) is 9.11. The van der Waals surface area contributed by atoms with Gasteiger partial charge in [0.05, 0.1) is 5.92 Å². The minimum Gasteiger partial charge on any atom is -0.355 e. The Bertz CT molecular complexity index is 573. The van der Waals surface area contributed by atoms with E-state index in [0.29, 0.717) is 31.2 Å². The van der Waals surface area contributed by atoms with Crippen molar-refractivity contribution in [3.05, 3.63) is 34.9 Å². The maximum Gasteiger partial charge on any atom is 0.320 e. The molecule has 3 amide bonds. The van der Waals surface area contributed by atoms with Gasteiger partial charge in [0.2, 0.25) is 5.91 Å². The Hall–Kier alpha value is -1.75. The first-order chi connectivity index (χ1) is 12.0. The number of halogens is 1. The quantitative estimate of drug-likeness (QED) is 0.841. The number of piperidine rings is 1. The fourth-order valence-electron chi connectivity index (χ4n) is 3.18. The normalized spacial score (nSPS) is 17.2. The van der Waals surface area contributed by atoms with E-state index in [0.717, 1.165) is 31.4 Å². The monoisotopic (exact) mass is 365 g/mol. The van der Waals surface area contributed by atoms with Crippen LogP contribution in [0.3, 0.4) is 0 Å². The number of nitrogens with zero attached hydrogens (tertiary/aromatic N) is 2. The summed E-state index contributed by atoms with van der Waals surface area (Å²) in [6.45, 7) is 7.21. The van der Waals surface area contributed by atoms with E-state index in [9.17, 15) is 9.59 Å². The number of nitrogens with one attached hydrogen (secondary N) is 1. The van der Waals surface area contributed by atoms with Crippen molar-refractivity contribution >= 4 is 23.5 Å². The van der Waals surface area contributed by atoms with Gasteiger partial charge in [0.15, 0.2) is 0 Å². The summed E-state index contributed by atoms with van der Waals surface area (Å²) >= 11 is 5.87. The second kappa shape index (κ2) is 9.66. The lowest BCUT2D eigenvalue weighted by molar-refractivity contribution is -0.126. The molecule has 1 aromatic rings. The van der Waals surface area contributed by atoms with Crippen molar-refractivity contribution in [2.45, 2.75) is 33.1 Å². The average molecular weight is 366 g/mol. The molecular formula is C19H28ClN3O2. The third kappa shape index (κ3) is 5.63. The van der Waals surface area contributed by atoms with Gasteiger partial charge >= 0.3 is 6.03 Å². The Balaban J connectivity index is 1.80. The van der Waals surface area contributed by atoms with E-state index in [-0.39, 0.29) is 17.9 Å². The summed E-state index contributed by atoms with van der Waals surface area (Å²) in [4.78, 5) is 28.5. The number of urea groups is 1. The lowest BCUT2D eigenvalue weighted by atomic mass is 9.97. The Morgan fingerprint density at radius 2 is 1.92 bits per heavy atom. The molecule has 0 aliphatic carbocycles. The minimum absolute atomic E-state index is 0.0451.